The number of nitrogens with zero attached hydrogens (tertiary/aromatic N) is 2. The highest BCUT2D eigenvalue weighted by Gasteiger charge is 2.46. The van der Waals surface area contributed by atoms with Crippen molar-refractivity contribution in [1.29, 1.82) is 0 Å². The normalized spacial score (nSPS) is 19.2. The van der Waals surface area contributed by atoms with Crippen molar-refractivity contribution in [2.24, 2.45) is 0 Å². The van der Waals surface area contributed by atoms with Gasteiger partial charge in [-0.2, -0.15) is 0 Å². The van der Waals surface area contributed by atoms with Gasteiger partial charge < -0.3 is 14.4 Å². The number of esters is 1. The summed E-state index contributed by atoms with van der Waals surface area (Å²) in [6.07, 6.45) is 0.141. The van der Waals surface area contributed by atoms with Gasteiger partial charge in [-0.3, -0.25) is 4.79 Å². The van der Waals surface area contributed by atoms with Crippen molar-refractivity contribution in [3.05, 3.63) is 57.4 Å². The van der Waals surface area contributed by atoms with Gasteiger partial charge in [0.05, 0.1) is 37.1 Å². The lowest BCUT2D eigenvalue weighted by Gasteiger charge is -2.32. The molecule has 2 aliphatic rings. The third kappa shape index (κ3) is 2.85. The van der Waals surface area contributed by atoms with Crippen LogP contribution in [0.1, 0.15) is 50.8 Å². The number of aromatic nitrogens is 2. The number of rotatable bonds is 5. The lowest BCUT2D eigenvalue weighted by Crippen LogP contribution is -2.48. The maximum atomic E-state index is 13.6. The van der Waals surface area contributed by atoms with E-state index in [4.69, 9.17) is 9.72 Å². The molecule has 33 heavy (non-hydrogen) atoms. The molecule has 0 saturated heterocycles. The third-order valence-electron chi connectivity index (χ3n) is 8.16. The molecule has 0 spiro atoms. The van der Waals surface area contributed by atoms with Crippen LogP contribution in [-0.2, 0) is 28.3 Å². The van der Waals surface area contributed by atoms with E-state index in [1.807, 2.05) is 18.2 Å². The molecule has 1 N–H and O–H groups in total. The molecule has 5 rings (SSSR count). The van der Waals surface area contributed by atoms with Gasteiger partial charge in [-0.15, -0.1) is 0 Å². The molecule has 0 fully saturated rings. The Hall–Kier alpha value is -2.77. The Bertz CT molecular complexity index is 1350. The lowest BCUT2D eigenvalue weighted by atomic mass is 9.86. The van der Waals surface area contributed by atoms with E-state index >= 15 is 0 Å². The molecule has 1 aromatic carbocycles. The lowest BCUT2D eigenvalue weighted by molar-refractivity contribution is -0.172. The zero-order valence-corrected chi connectivity index (χ0v) is 20.7. The number of pyridine rings is 2. The van der Waals surface area contributed by atoms with Crippen molar-refractivity contribution >= 4 is 30.1 Å². The molecule has 0 unspecified atom stereocenters. The van der Waals surface area contributed by atoms with Gasteiger partial charge in [0.15, 0.2) is 5.60 Å². The zero-order chi connectivity index (χ0) is 23.5. The predicted molar refractivity (Wildman–Crippen MR) is 131 cm³/mol. The number of carbonyl (C=O) groups is 1. The zero-order valence-electron chi connectivity index (χ0n) is 19.7. The minimum atomic E-state index is -1.83. The first-order valence-corrected chi connectivity index (χ1v) is 14.6. The van der Waals surface area contributed by atoms with Gasteiger partial charge in [0.2, 0.25) is 0 Å². The van der Waals surface area contributed by atoms with Gasteiger partial charge >= 0.3 is 5.97 Å². The highest BCUT2D eigenvalue weighted by molar-refractivity contribution is 6.93. The number of hydrogen-bond acceptors (Lipinski definition) is 5. The molecule has 3 aromatic rings. The largest absolute Gasteiger partial charge is 0.458 e. The monoisotopic (exact) mass is 462 g/mol. The van der Waals surface area contributed by atoms with Crippen LogP contribution >= 0.6 is 0 Å². The van der Waals surface area contributed by atoms with Gasteiger partial charge in [-0.25, -0.2) is 9.78 Å². The van der Waals surface area contributed by atoms with Crippen LogP contribution in [0.15, 0.2) is 35.1 Å². The van der Waals surface area contributed by atoms with E-state index in [1.54, 1.807) is 11.5 Å². The number of benzene rings is 1. The van der Waals surface area contributed by atoms with Crippen LogP contribution in [0, 0.1) is 0 Å². The van der Waals surface area contributed by atoms with E-state index in [9.17, 15) is 14.7 Å². The number of para-hydroxylation sites is 1. The Morgan fingerprint density at radius 3 is 2.45 bits per heavy atom. The first-order valence-electron chi connectivity index (χ1n) is 11.9. The fourth-order valence-electron chi connectivity index (χ4n) is 5.91. The van der Waals surface area contributed by atoms with Crippen molar-refractivity contribution < 1.29 is 14.6 Å². The Balaban J connectivity index is 1.87. The number of cyclic esters (lactones) is 1. The number of ether oxygens (including phenoxy) is 1. The summed E-state index contributed by atoms with van der Waals surface area (Å²) in [6, 6.07) is 13.5. The van der Waals surface area contributed by atoms with Crippen molar-refractivity contribution in [3.8, 4) is 11.4 Å². The van der Waals surface area contributed by atoms with E-state index in [-0.39, 0.29) is 18.6 Å². The predicted octanol–water partition coefficient (Wildman–Crippen LogP) is 3.80. The first-order chi connectivity index (χ1) is 15.8. The highest BCUT2D eigenvalue weighted by atomic mass is 28.3. The summed E-state index contributed by atoms with van der Waals surface area (Å²) in [4.78, 5) is 31.1. The van der Waals surface area contributed by atoms with E-state index in [0.717, 1.165) is 34.9 Å². The SMILES string of the molecule is CC[C@@]1(O)C(=O)OCc2c1cc1n(c2=O)Cc2c-1nc1ccccc1c2[Si](CC)(CC)CC. The Morgan fingerprint density at radius 1 is 1.09 bits per heavy atom. The molecule has 0 bridgehead atoms. The second-order valence-corrected chi connectivity index (χ2v) is 14.5. The van der Waals surface area contributed by atoms with Crippen LogP contribution in [-0.4, -0.2) is 28.7 Å². The quantitative estimate of drug-likeness (QED) is 0.360. The average molecular weight is 463 g/mol. The van der Waals surface area contributed by atoms with Crippen LogP contribution in [0.4, 0.5) is 0 Å². The Kier molecular flexibility index (Phi) is 5.10. The molecule has 7 heteroatoms. The standard InChI is InChI=1S/C26H30N2O4Si/c1-5-26(31)19-13-21-22-17(14-28(21)24(29)18(19)15-32-25(26)30)23(33(6-2,7-3)8-4)16-11-9-10-12-20(16)27-22/h9-13,31H,5-8,14-15H2,1-4H3/t26-/m0/s1. The molecule has 4 heterocycles. The molecule has 0 saturated carbocycles. The number of carbonyl (C=O) groups excluding carboxylic acids is 1. The highest BCUT2D eigenvalue weighted by Crippen LogP contribution is 2.39. The topological polar surface area (TPSA) is 81.4 Å². The van der Waals surface area contributed by atoms with Crippen LogP contribution < -0.4 is 10.7 Å². The van der Waals surface area contributed by atoms with Gasteiger partial charge in [-0.1, -0.05) is 64.0 Å². The van der Waals surface area contributed by atoms with Crippen molar-refractivity contribution in [3.63, 3.8) is 0 Å². The van der Waals surface area contributed by atoms with E-state index in [0.29, 0.717) is 23.4 Å². The summed E-state index contributed by atoms with van der Waals surface area (Å²) in [7, 11) is -1.83. The van der Waals surface area contributed by atoms with Gasteiger partial charge in [-0.05, 0) is 34.7 Å². The first kappa shape index (κ1) is 22.0. The third-order valence-corrected chi connectivity index (χ3v) is 13.8. The minimum Gasteiger partial charge on any atom is -0.458 e. The van der Waals surface area contributed by atoms with Crippen LogP contribution in [0.2, 0.25) is 18.1 Å². The van der Waals surface area contributed by atoms with E-state index < -0.39 is 19.6 Å². The van der Waals surface area contributed by atoms with Crippen molar-refractivity contribution in [2.75, 3.05) is 0 Å². The fraction of sp³-hybridized carbons (Fsp3) is 0.423. The van der Waals surface area contributed by atoms with E-state index in [2.05, 4.69) is 32.9 Å². The number of aliphatic hydroxyl groups is 1. The Morgan fingerprint density at radius 2 is 1.79 bits per heavy atom. The van der Waals surface area contributed by atoms with E-state index in [1.165, 1.54) is 10.6 Å². The Labute approximate surface area is 194 Å². The van der Waals surface area contributed by atoms with Crippen LogP contribution in [0.25, 0.3) is 22.3 Å². The molecule has 172 valence electrons. The average Bonchev–Trinajstić information content (AvgIpc) is 3.21. The summed E-state index contributed by atoms with van der Waals surface area (Å²) < 4.78 is 6.97. The molecule has 2 aliphatic heterocycles. The molecular weight excluding hydrogens is 432 g/mol. The summed E-state index contributed by atoms with van der Waals surface area (Å²) in [6.45, 7) is 8.96. The second kappa shape index (κ2) is 7.63. The molecule has 0 radical (unpaired) electrons. The maximum absolute atomic E-state index is 13.6. The number of hydrogen-bond donors (Lipinski definition) is 1. The molecule has 0 aliphatic carbocycles. The molecule has 6 nitrogen and oxygen atoms in total. The molecule has 0 amide bonds. The maximum Gasteiger partial charge on any atom is 0.343 e. The smallest absolute Gasteiger partial charge is 0.343 e. The van der Waals surface area contributed by atoms with Crippen molar-refractivity contribution in [1.82, 2.24) is 9.55 Å². The van der Waals surface area contributed by atoms with Gasteiger partial charge in [0.25, 0.3) is 5.56 Å². The fourth-order valence-corrected chi connectivity index (χ4v) is 10.1. The summed E-state index contributed by atoms with van der Waals surface area (Å²) in [5.74, 6) is -0.693. The minimum absolute atomic E-state index is 0.105. The van der Waals surface area contributed by atoms with Crippen LogP contribution in [0.5, 0.6) is 0 Å². The number of fused-ring (bicyclic) bond motifs is 5. The molecule has 2 aromatic heterocycles. The summed E-state index contributed by atoms with van der Waals surface area (Å²) in [5.41, 5.74) is 2.30. The van der Waals surface area contributed by atoms with Crippen LogP contribution in [0.3, 0.4) is 0 Å². The van der Waals surface area contributed by atoms with Gasteiger partial charge in [0, 0.05) is 5.56 Å². The summed E-state index contributed by atoms with van der Waals surface area (Å²) >= 11 is 0. The molecular formula is C26H30N2O4Si. The molecule has 1 atom stereocenters. The summed E-state index contributed by atoms with van der Waals surface area (Å²) in [5, 5.41) is 13.7. The van der Waals surface area contributed by atoms with Crippen molar-refractivity contribution in [2.45, 2.75) is 71.0 Å². The second-order valence-electron chi connectivity index (χ2n) is 9.28. The van der Waals surface area contributed by atoms with Gasteiger partial charge in [0.1, 0.15) is 6.61 Å².